The molecule has 0 heterocycles. The number of benzene rings is 1. The highest BCUT2D eigenvalue weighted by Crippen LogP contribution is 2.23. The molecule has 0 fully saturated rings. The quantitative estimate of drug-likeness (QED) is 0.832. The second-order valence-corrected chi connectivity index (χ2v) is 3.71. The first-order valence-corrected chi connectivity index (χ1v) is 5.24. The van der Waals surface area contributed by atoms with Gasteiger partial charge in [0.15, 0.2) is 0 Å². The van der Waals surface area contributed by atoms with E-state index in [1.807, 2.05) is 0 Å². The molecule has 1 aromatic rings. The largest absolute Gasteiger partial charge is 0.392 e. The minimum absolute atomic E-state index is 0.284. The van der Waals surface area contributed by atoms with Gasteiger partial charge < -0.3 is 5.11 Å². The maximum atomic E-state index is 13.3. The highest BCUT2D eigenvalue weighted by molar-refractivity contribution is 9.10. The van der Waals surface area contributed by atoms with Crippen molar-refractivity contribution < 1.29 is 9.50 Å². The Labute approximate surface area is 86.9 Å². The number of halogens is 3. The van der Waals surface area contributed by atoms with E-state index in [4.69, 9.17) is 5.11 Å². The van der Waals surface area contributed by atoms with Gasteiger partial charge in [-0.05, 0) is 11.6 Å². The molecule has 0 radical (unpaired) electrons. The third-order valence-corrected chi connectivity index (χ3v) is 2.92. The molecular formula is C8H7Br2FO. The second-order valence-electron chi connectivity index (χ2n) is 2.29. The number of rotatable bonds is 2. The number of aliphatic hydroxyl groups is 1. The molecule has 0 atom stereocenters. The summed E-state index contributed by atoms with van der Waals surface area (Å²) in [6.07, 6.45) is 0. The van der Waals surface area contributed by atoms with E-state index in [0.717, 1.165) is 0 Å². The molecule has 0 aromatic heterocycles. The molecular weight excluding hydrogens is 291 g/mol. The Morgan fingerprint density at radius 2 is 2.08 bits per heavy atom. The first-order chi connectivity index (χ1) is 5.70. The lowest BCUT2D eigenvalue weighted by atomic mass is 10.1. The van der Waals surface area contributed by atoms with E-state index < -0.39 is 0 Å². The Balaban J connectivity index is 3.24. The molecule has 0 bridgehead atoms. The Bertz CT molecular complexity index is 289. The van der Waals surface area contributed by atoms with Crippen molar-refractivity contribution in [3.63, 3.8) is 0 Å². The maximum Gasteiger partial charge on any atom is 0.133 e. The zero-order valence-corrected chi connectivity index (χ0v) is 9.32. The lowest BCUT2D eigenvalue weighted by Gasteiger charge is -2.05. The highest BCUT2D eigenvalue weighted by Gasteiger charge is 2.09. The van der Waals surface area contributed by atoms with Gasteiger partial charge in [0.1, 0.15) is 5.82 Å². The monoisotopic (exact) mass is 296 g/mol. The summed E-state index contributed by atoms with van der Waals surface area (Å²) in [6, 6.07) is 3.40. The van der Waals surface area contributed by atoms with Crippen LogP contribution < -0.4 is 0 Å². The van der Waals surface area contributed by atoms with Crippen molar-refractivity contribution in [3.8, 4) is 0 Å². The zero-order chi connectivity index (χ0) is 9.14. The molecule has 0 saturated carbocycles. The van der Waals surface area contributed by atoms with Gasteiger partial charge in [-0.3, -0.25) is 0 Å². The molecule has 1 nitrogen and oxygen atoms in total. The third kappa shape index (κ3) is 1.87. The number of hydrogen-bond acceptors (Lipinski definition) is 1. The standard InChI is InChI=1S/C8H7Br2FO/c9-3-5-1-2-7(10)6(4-12)8(5)11/h1-2,12H,3-4H2. The van der Waals surface area contributed by atoms with E-state index in [9.17, 15) is 4.39 Å². The molecule has 1 N–H and O–H groups in total. The van der Waals surface area contributed by atoms with E-state index in [1.54, 1.807) is 12.1 Å². The average molecular weight is 298 g/mol. The van der Waals surface area contributed by atoms with Gasteiger partial charge in [-0.2, -0.15) is 0 Å². The van der Waals surface area contributed by atoms with Gasteiger partial charge in [-0.25, -0.2) is 4.39 Å². The van der Waals surface area contributed by atoms with Crippen LogP contribution in [-0.4, -0.2) is 5.11 Å². The lowest BCUT2D eigenvalue weighted by molar-refractivity contribution is 0.274. The molecule has 0 aliphatic carbocycles. The molecule has 1 aromatic carbocycles. The van der Waals surface area contributed by atoms with E-state index >= 15 is 0 Å². The first-order valence-electron chi connectivity index (χ1n) is 3.33. The maximum absolute atomic E-state index is 13.3. The average Bonchev–Trinajstić information content (AvgIpc) is 2.06. The summed E-state index contributed by atoms with van der Waals surface area (Å²) in [5, 5.41) is 9.29. The number of alkyl halides is 1. The van der Waals surface area contributed by atoms with Crippen LogP contribution in [0.15, 0.2) is 16.6 Å². The Hall–Kier alpha value is 0.0700. The van der Waals surface area contributed by atoms with Crippen molar-refractivity contribution in [1.29, 1.82) is 0 Å². The highest BCUT2D eigenvalue weighted by atomic mass is 79.9. The van der Waals surface area contributed by atoms with E-state index in [-0.39, 0.29) is 12.4 Å². The van der Waals surface area contributed by atoms with Crippen LogP contribution in [0.1, 0.15) is 11.1 Å². The number of aliphatic hydroxyl groups excluding tert-OH is 1. The molecule has 0 spiro atoms. The number of hydrogen-bond donors (Lipinski definition) is 1. The Morgan fingerprint density at radius 3 is 2.58 bits per heavy atom. The normalized spacial score (nSPS) is 10.3. The summed E-state index contributed by atoms with van der Waals surface area (Å²) >= 11 is 6.31. The molecule has 1 rings (SSSR count). The van der Waals surface area contributed by atoms with Crippen LogP contribution in [-0.2, 0) is 11.9 Å². The van der Waals surface area contributed by atoms with Gasteiger partial charge in [0.25, 0.3) is 0 Å². The molecule has 0 unspecified atom stereocenters. The molecule has 0 aliphatic heterocycles. The Morgan fingerprint density at radius 1 is 1.42 bits per heavy atom. The van der Waals surface area contributed by atoms with Gasteiger partial charge in [0.2, 0.25) is 0 Å². The summed E-state index contributed by atoms with van der Waals surface area (Å²) in [6.45, 7) is -0.284. The van der Waals surface area contributed by atoms with Crippen LogP contribution in [0, 0.1) is 5.82 Å². The SMILES string of the molecule is OCc1c(Br)ccc(CBr)c1F. The van der Waals surface area contributed by atoms with Crippen molar-refractivity contribution in [3.05, 3.63) is 33.5 Å². The summed E-state index contributed by atoms with van der Waals surface area (Å²) < 4.78 is 13.9. The minimum Gasteiger partial charge on any atom is -0.392 e. The van der Waals surface area contributed by atoms with Crippen LogP contribution in [0.5, 0.6) is 0 Å². The minimum atomic E-state index is -0.344. The topological polar surface area (TPSA) is 20.2 Å². The van der Waals surface area contributed by atoms with Crippen LogP contribution >= 0.6 is 31.9 Å². The predicted octanol–water partition coefficient (Wildman–Crippen LogP) is 2.98. The fourth-order valence-electron chi connectivity index (χ4n) is 0.894. The van der Waals surface area contributed by atoms with E-state index in [1.165, 1.54) is 0 Å². The summed E-state index contributed by atoms with van der Waals surface area (Å²) in [4.78, 5) is 0. The van der Waals surface area contributed by atoms with Crippen LogP contribution in [0.2, 0.25) is 0 Å². The van der Waals surface area contributed by atoms with Gasteiger partial charge in [0.05, 0.1) is 6.61 Å². The zero-order valence-electron chi connectivity index (χ0n) is 6.15. The van der Waals surface area contributed by atoms with Gasteiger partial charge >= 0.3 is 0 Å². The second kappa shape index (κ2) is 4.35. The van der Waals surface area contributed by atoms with Gasteiger partial charge in [-0.15, -0.1) is 0 Å². The fourth-order valence-corrected chi connectivity index (χ4v) is 1.76. The van der Waals surface area contributed by atoms with Gasteiger partial charge in [0, 0.05) is 15.4 Å². The van der Waals surface area contributed by atoms with Crippen molar-refractivity contribution in [1.82, 2.24) is 0 Å². The van der Waals surface area contributed by atoms with Crippen LogP contribution in [0.4, 0.5) is 4.39 Å². The summed E-state index contributed by atoms with van der Waals surface area (Å²) in [7, 11) is 0. The first kappa shape index (κ1) is 10.2. The third-order valence-electron chi connectivity index (χ3n) is 1.57. The van der Waals surface area contributed by atoms with E-state index in [0.29, 0.717) is 20.9 Å². The summed E-state index contributed by atoms with van der Waals surface area (Å²) in [5.41, 5.74) is 0.870. The predicted molar refractivity (Wildman–Crippen MR) is 52.7 cm³/mol. The van der Waals surface area contributed by atoms with Crippen molar-refractivity contribution in [2.45, 2.75) is 11.9 Å². The van der Waals surface area contributed by atoms with Gasteiger partial charge in [-0.1, -0.05) is 37.9 Å². The molecule has 12 heavy (non-hydrogen) atoms. The Kier molecular flexibility index (Phi) is 3.68. The molecule has 66 valence electrons. The van der Waals surface area contributed by atoms with Crippen molar-refractivity contribution in [2.75, 3.05) is 0 Å². The lowest BCUT2D eigenvalue weighted by Crippen LogP contribution is -1.96. The molecule has 0 aliphatic rings. The molecule has 4 heteroatoms. The summed E-state index contributed by atoms with van der Waals surface area (Å²) in [5.74, 6) is -0.344. The van der Waals surface area contributed by atoms with Crippen molar-refractivity contribution in [2.24, 2.45) is 0 Å². The van der Waals surface area contributed by atoms with Crippen LogP contribution in [0.25, 0.3) is 0 Å². The van der Waals surface area contributed by atoms with E-state index in [2.05, 4.69) is 31.9 Å². The smallest absolute Gasteiger partial charge is 0.133 e. The van der Waals surface area contributed by atoms with Crippen molar-refractivity contribution >= 4 is 31.9 Å². The fraction of sp³-hybridized carbons (Fsp3) is 0.250. The molecule has 0 saturated heterocycles. The van der Waals surface area contributed by atoms with Crippen LogP contribution in [0.3, 0.4) is 0 Å². The molecule has 0 amide bonds.